The van der Waals surface area contributed by atoms with E-state index >= 15 is 0 Å². The lowest BCUT2D eigenvalue weighted by Crippen LogP contribution is -2.38. The molecule has 1 saturated heterocycles. The summed E-state index contributed by atoms with van der Waals surface area (Å²) in [5.74, 6) is 0.731. The highest BCUT2D eigenvalue weighted by Crippen LogP contribution is 2.43. The van der Waals surface area contributed by atoms with Crippen LogP contribution in [0.25, 0.3) is 11.1 Å². The fraction of sp³-hybridized carbons (Fsp3) is 0.300. The van der Waals surface area contributed by atoms with E-state index in [4.69, 9.17) is 9.47 Å². The zero-order valence-electron chi connectivity index (χ0n) is 21.9. The van der Waals surface area contributed by atoms with Crippen molar-refractivity contribution in [2.75, 3.05) is 5.75 Å². The van der Waals surface area contributed by atoms with Gasteiger partial charge in [0.25, 0.3) is 0 Å². The number of nitrogens with zero attached hydrogens (tertiary/aromatic N) is 2. The number of carbonyl (C=O) groups is 1. The van der Waals surface area contributed by atoms with Crippen LogP contribution in [0.15, 0.2) is 84.3 Å². The summed E-state index contributed by atoms with van der Waals surface area (Å²) in [6.45, 7) is 4.16. The molecule has 4 aromatic rings. The Bertz CT molecular complexity index is 1360. The number of carbonyl (C=O) groups excluding carboxylic acids is 1. The van der Waals surface area contributed by atoms with Gasteiger partial charge in [-0.1, -0.05) is 85.4 Å². The molecule has 39 heavy (non-hydrogen) atoms. The summed E-state index contributed by atoms with van der Waals surface area (Å²) < 4.78 is 13.1. The molecule has 0 bridgehead atoms. The van der Waals surface area contributed by atoms with Gasteiger partial charge in [0.2, 0.25) is 5.91 Å². The van der Waals surface area contributed by atoms with Crippen molar-refractivity contribution in [3.8, 4) is 11.1 Å². The van der Waals surface area contributed by atoms with E-state index in [9.17, 15) is 9.90 Å². The molecule has 0 unspecified atom stereocenters. The maximum absolute atomic E-state index is 11.3. The number of thioether (sulfide) groups is 1. The van der Waals surface area contributed by atoms with Gasteiger partial charge in [0.1, 0.15) is 6.33 Å². The molecule has 1 aliphatic rings. The van der Waals surface area contributed by atoms with Crippen LogP contribution in [0.5, 0.6) is 0 Å². The van der Waals surface area contributed by atoms with E-state index in [0.29, 0.717) is 12.3 Å². The van der Waals surface area contributed by atoms with E-state index in [2.05, 4.69) is 51.7 Å². The molecule has 0 spiro atoms. The van der Waals surface area contributed by atoms with Crippen LogP contribution in [-0.4, -0.2) is 38.1 Å². The third-order valence-electron chi connectivity index (χ3n) is 6.89. The maximum atomic E-state index is 11.3. The molecule has 3 aromatic carbocycles. The summed E-state index contributed by atoms with van der Waals surface area (Å²) in [6, 6.07) is 24.3. The molecule has 202 valence electrons. The number of amides is 1. The number of ether oxygens (including phenoxy) is 2. The Balaban J connectivity index is 1.36. The minimum absolute atomic E-state index is 0.00599. The second-order valence-electron chi connectivity index (χ2n) is 9.66. The minimum atomic E-state index is -0.538. The first-order valence-electron chi connectivity index (χ1n) is 12.9. The quantitative estimate of drug-likeness (QED) is 0.249. The summed E-state index contributed by atoms with van der Waals surface area (Å²) in [7, 11) is 0. The molecular formula is C30H32N4O4S. The van der Waals surface area contributed by atoms with Crippen LogP contribution in [-0.2, 0) is 27.4 Å². The SMILES string of the molecule is CC(=O)NCc1cccc(-c2ccc([C@@H]3O[C@H](CSc4ncn[nH]4)[C@H](C)[C@H](c4ccc(CO)cc4)O3)cc2)c1. The van der Waals surface area contributed by atoms with Crippen molar-refractivity contribution in [3.63, 3.8) is 0 Å². The molecule has 2 heterocycles. The Morgan fingerprint density at radius 1 is 1.00 bits per heavy atom. The van der Waals surface area contributed by atoms with Crippen LogP contribution < -0.4 is 5.32 Å². The lowest BCUT2D eigenvalue weighted by atomic mass is 9.91. The fourth-order valence-corrected chi connectivity index (χ4v) is 5.60. The van der Waals surface area contributed by atoms with Crippen LogP contribution in [0.3, 0.4) is 0 Å². The Morgan fingerprint density at radius 3 is 2.46 bits per heavy atom. The molecule has 4 atom stereocenters. The number of aliphatic hydroxyl groups excluding tert-OH is 1. The van der Waals surface area contributed by atoms with E-state index in [1.165, 1.54) is 13.3 Å². The summed E-state index contributed by atoms with van der Waals surface area (Å²) in [5, 5.41) is 19.9. The van der Waals surface area contributed by atoms with Gasteiger partial charge in [-0.05, 0) is 33.9 Å². The highest BCUT2D eigenvalue weighted by molar-refractivity contribution is 7.99. The highest BCUT2D eigenvalue weighted by atomic mass is 32.2. The molecular weight excluding hydrogens is 512 g/mol. The smallest absolute Gasteiger partial charge is 0.217 e. The minimum Gasteiger partial charge on any atom is -0.392 e. The molecule has 1 fully saturated rings. The van der Waals surface area contributed by atoms with Gasteiger partial charge in [-0.15, -0.1) is 0 Å². The van der Waals surface area contributed by atoms with E-state index in [1.807, 2.05) is 48.5 Å². The van der Waals surface area contributed by atoms with E-state index in [-0.39, 0.29) is 30.6 Å². The summed E-state index contributed by atoms with van der Waals surface area (Å²) in [6.07, 6.45) is 0.694. The van der Waals surface area contributed by atoms with E-state index < -0.39 is 6.29 Å². The third-order valence-corrected chi connectivity index (χ3v) is 7.85. The van der Waals surface area contributed by atoms with Crippen LogP contribution in [0, 0.1) is 5.92 Å². The first kappa shape index (κ1) is 27.1. The number of hydrogen-bond donors (Lipinski definition) is 3. The number of benzene rings is 3. The average Bonchev–Trinajstić information content (AvgIpc) is 3.50. The summed E-state index contributed by atoms with van der Waals surface area (Å²) >= 11 is 1.58. The zero-order chi connectivity index (χ0) is 27.2. The number of aromatic amines is 1. The number of rotatable bonds is 9. The standard InChI is InChI=1S/C30H32N4O4S/c1-19-27(17-39-30-32-18-33-34-30)37-29(38-28(19)24-8-6-21(16-35)7-9-24)25-12-10-23(11-13-25)26-5-3-4-22(14-26)15-31-20(2)36/h3-14,18-19,27-29,35H,15-17H2,1-2H3,(H,31,36)(H,32,33,34)/t19-,27+,28+,29+/m0/s1. The average molecular weight is 545 g/mol. The lowest BCUT2D eigenvalue weighted by molar-refractivity contribution is -0.268. The van der Waals surface area contributed by atoms with Crippen LogP contribution in [0.1, 0.15) is 48.5 Å². The topological polar surface area (TPSA) is 109 Å². The second-order valence-corrected chi connectivity index (χ2v) is 10.7. The maximum Gasteiger partial charge on any atom is 0.217 e. The van der Waals surface area contributed by atoms with Gasteiger partial charge in [-0.2, -0.15) is 5.10 Å². The van der Waals surface area contributed by atoms with Gasteiger partial charge < -0.3 is 19.9 Å². The molecule has 1 aromatic heterocycles. The number of nitrogens with one attached hydrogen (secondary N) is 2. The van der Waals surface area contributed by atoms with Crippen molar-refractivity contribution in [3.05, 3.63) is 101 Å². The van der Waals surface area contributed by atoms with Gasteiger partial charge in [0.05, 0.1) is 18.8 Å². The fourth-order valence-electron chi connectivity index (χ4n) is 4.65. The van der Waals surface area contributed by atoms with Gasteiger partial charge >= 0.3 is 0 Å². The van der Waals surface area contributed by atoms with Crippen molar-refractivity contribution in [1.29, 1.82) is 0 Å². The Morgan fingerprint density at radius 2 is 1.77 bits per heavy atom. The predicted octanol–water partition coefficient (Wildman–Crippen LogP) is 5.18. The number of hydrogen-bond acceptors (Lipinski definition) is 7. The van der Waals surface area contributed by atoms with Crippen LogP contribution >= 0.6 is 11.8 Å². The van der Waals surface area contributed by atoms with Gasteiger partial charge in [-0.3, -0.25) is 9.89 Å². The first-order chi connectivity index (χ1) is 19.0. The van der Waals surface area contributed by atoms with Crippen molar-refractivity contribution in [1.82, 2.24) is 20.5 Å². The van der Waals surface area contributed by atoms with E-state index in [0.717, 1.165) is 38.5 Å². The third kappa shape index (κ3) is 6.75. The molecule has 1 aliphatic heterocycles. The Labute approximate surface area is 232 Å². The van der Waals surface area contributed by atoms with Gasteiger partial charge in [-0.25, -0.2) is 4.98 Å². The van der Waals surface area contributed by atoms with Gasteiger partial charge in [0, 0.05) is 30.7 Å². The van der Waals surface area contributed by atoms with Crippen molar-refractivity contribution in [2.24, 2.45) is 5.92 Å². The van der Waals surface area contributed by atoms with E-state index in [1.54, 1.807) is 11.8 Å². The monoisotopic (exact) mass is 544 g/mol. The number of aliphatic hydroxyl groups is 1. The Kier molecular flexibility index (Phi) is 8.73. The van der Waals surface area contributed by atoms with Crippen molar-refractivity contribution < 1.29 is 19.4 Å². The molecule has 0 aliphatic carbocycles. The zero-order valence-corrected chi connectivity index (χ0v) is 22.7. The normalized spacial score (nSPS) is 21.0. The second kappa shape index (κ2) is 12.6. The molecule has 9 heteroatoms. The summed E-state index contributed by atoms with van der Waals surface area (Å²) in [5.41, 5.74) is 6.04. The lowest BCUT2D eigenvalue weighted by Gasteiger charge is -2.41. The predicted molar refractivity (Wildman–Crippen MR) is 149 cm³/mol. The first-order valence-corrected chi connectivity index (χ1v) is 13.9. The highest BCUT2D eigenvalue weighted by Gasteiger charge is 2.38. The van der Waals surface area contributed by atoms with Crippen molar-refractivity contribution >= 4 is 17.7 Å². The van der Waals surface area contributed by atoms with Crippen LogP contribution in [0.4, 0.5) is 0 Å². The molecule has 5 rings (SSSR count). The molecule has 8 nitrogen and oxygen atoms in total. The van der Waals surface area contributed by atoms with Crippen LogP contribution in [0.2, 0.25) is 0 Å². The molecule has 1 amide bonds. The van der Waals surface area contributed by atoms with Gasteiger partial charge in [0.15, 0.2) is 11.4 Å². The van der Waals surface area contributed by atoms with Crippen molar-refractivity contribution in [2.45, 2.75) is 50.7 Å². The molecule has 0 saturated carbocycles. The summed E-state index contributed by atoms with van der Waals surface area (Å²) in [4.78, 5) is 15.5. The molecule has 3 N–H and O–H groups in total. The number of aromatic nitrogens is 3. The Hall–Kier alpha value is -3.50. The largest absolute Gasteiger partial charge is 0.392 e. The number of H-pyrrole nitrogens is 1. The molecule has 0 radical (unpaired) electrons.